The van der Waals surface area contributed by atoms with E-state index in [4.69, 9.17) is 0 Å². The third-order valence-corrected chi connectivity index (χ3v) is 3.88. The monoisotopic (exact) mass is 369 g/mol. The summed E-state index contributed by atoms with van der Waals surface area (Å²) in [6.45, 7) is 2.62. The lowest BCUT2D eigenvalue weighted by molar-refractivity contribution is 0.469. The second-order valence-corrected chi connectivity index (χ2v) is 5.79. The van der Waals surface area contributed by atoms with Crippen molar-refractivity contribution in [2.45, 2.75) is 13.5 Å². The molecule has 2 aromatic carbocycles. The van der Waals surface area contributed by atoms with E-state index in [0.29, 0.717) is 12.3 Å². The average molecular weight is 371 g/mol. The highest BCUT2D eigenvalue weighted by Crippen LogP contribution is 2.33. The average Bonchev–Trinajstić information content (AvgIpc) is 2.30. The van der Waals surface area contributed by atoms with Crippen LogP contribution in [0.1, 0.15) is 11.1 Å². The van der Waals surface area contributed by atoms with Gasteiger partial charge in [0.05, 0.1) is 5.69 Å². The van der Waals surface area contributed by atoms with Gasteiger partial charge in [-0.1, -0.05) is 18.2 Å². The highest BCUT2D eigenvalue weighted by molar-refractivity contribution is 9.11. The highest BCUT2D eigenvalue weighted by Gasteiger charge is 2.07. The van der Waals surface area contributed by atoms with E-state index in [-0.39, 0.29) is 0 Å². The first-order valence-corrected chi connectivity index (χ1v) is 7.13. The maximum Gasteiger partial charge on any atom is 0.120 e. The van der Waals surface area contributed by atoms with Crippen LogP contribution in [0.5, 0.6) is 5.75 Å². The van der Waals surface area contributed by atoms with Crippen LogP contribution in [-0.2, 0) is 6.54 Å². The molecule has 0 saturated heterocycles. The molecule has 0 fully saturated rings. The van der Waals surface area contributed by atoms with Gasteiger partial charge in [0.2, 0.25) is 0 Å². The first-order chi connectivity index (χ1) is 8.58. The molecule has 2 rings (SSSR count). The SMILES string of the molecule is Cc1cc(Br)c(NCc2ccccc2O)c(Br)c1. The molecule has 0 saturated carbocycles. The molecule has 0 aliphatic heterocycles. The molecule has 2 nitrogen and oxygen atoms in total. The van der Waals surface area contributed by atoms with Crippen molar-refractivity contribution in [2.24, 2.45) is 0 Å². The molecule has 0 unspecified atom stereocenters. The van der Waals surface area contributed by atoms with Gasteiger partial charge >= 0.3 is 0 Å². The van der Waals surface area contributed by atoms with E-state index >= 15 is 0 Å². The molecule has 0 bridgehead atoms. The molecule has 0 heterocycles. The van der Waals surface area contributed by atoms with Crippen molar-refractivity contribution < 1.29 is 5.11 Å². The maximum atomic E-state index is 9.71. The number of aryl methyl sites for hydroxylation is 1. The van der Waals surface area contributed by atoms with Crippen LogP contribution in [0.4, 0.5) is 5.69 Å². The Morgan fingerprint density at radius 2 is 1.72 bits per heavy atom. The second-order valence-electron chi connectivity index (χ2n) is 4.09. The van der Waals surface area contributed by atoms with E-state index in [1.54, 1.807) is 6.07 Å². The van der Waals surface area contributed by atoms with E-state index in [2.05, 4.69) is 49.3 Å². The normalized spacial score (nSPS) is 10.4. The van der Waals surface area contributed by atoms with Gasteiger partial charge in [0.15, 0.2) is 0 Å². The Hall–Kier alpha value is -1.00. The molecule has 4 heteroatoms. The van der Waals surface area contributed by atoms with Crippen molar-refractivity contribution in [3.63, 3.8) is 0 Å². The maximum absolute atomic E-state index is 9.71. The molecule has 2 aromatic rings. The summed E-state index contributed by atoms with van der Waals surface area (Å²) in [6.07, 6.45) is 0. The van der Waals surface area contributed by atoms with E-state index in [9.17, 15) is 5.11 Å². The molecule has 0 aromatic heterocycles. The lowest BCUT2D eigenvalue weighted by Crippen LogP contribution is -2.01. The molecule has 0 amide bonds. The summed E-state index contributed by atoms with van der Waals surface area (Å²) in [5.74, 6) is 0.310. The number of anilines is 1. The van der Waals surface area contributed by atoms with Crippen LogP contribution in [0.15, 0.2) is 45.3 Å². The van der Waals surface area contributed by atoms with Crippen LogP contribution in [0.3, 0.4) is 0 Å². The molecule has 2 N–H and O–H groups in total. The van der Waals surface area contributed by atoms with E-state index in [0.717, 1.165) is 20.2 Å². The fourth-order valence-corrected chi connectivity index (χ4v) is 3.41. The Morgan fingerprint density at radius 3 is 2.33 bits per heavy atom. The van der Waals surface area contributed by atoms with Crippen molar-refractivity contribution in [2.75, 3.05) is 5.32 Å². The van der Waals surface area contributed by atoms with Crippen LogP contribution in [-0.4, -0.2) is 5.11 Å². The molecule has 0 aliphatic rings. The van der Waals surface area contributed by atoms with Crippen molar-refractivity contribution in [3.05, 3.63) is 56.5 Å². The van der Waals surface area contributed by atoms with Gasteiger partial charge in [0, 0.05) is 21.1 Å². The van der Waals surface area contributed by atoms with Gasteiger partial charge in [0.25, 0.3) is 0 Å². The van der Waals surface area contributed by atoms with Crippen molar-refractivity contribution in [1.82, 2.24) is 0 Å². The zero-order valence-corrected chi connectivity index (χ0v) is 13.0. The minimum atomic E-state index is 0.310. The van der Waals surface area contributed by atoms with E-state index < -0.39 is 0 Å². The predicted molar refractivity (Wildman–Crippen MR) is 82.0 cm³/mol. The fraction of sp³-hybridized carbons (Fsp3) is 0.143. The summed E-state index contributed by atoms with van der Waals surface area (Å²) in [5, 5.41) is 13.0. The summed E-state index contributed by atoms with van der Waals surface area (Å²) >= 11 is 7.07. The summed E-state index contributed by atoms with van der Waals surface area (Å²) in [6, 6.07) is 11.4. The van der Waals surface area contributed by atoms with Crippen LogP contribution in [0.2, 0.25) is 0 Å². The van der Waals surface area contributed by atoms with Crippen LogP contribution in [0.25, 0.3) is 0 Å². The zero-order chi connectivity index (χ0) is 13.1. The number of para-hydroxylation sites is 1. The number of phenols is 1. The minimum Gasteiger partial charge on any atom is -0.508 e. The van der Waals surface area contributed by atoms with Gasteiger partial charge in [-0.2, -0.15) is 0 Å². The number of halogens is 2. The standard InChI is InChI=1S/C14H13Br2NO/c1-9-6-11(15)14(12(16)7-9)17-8-10-4-2-3-5-13(10)18/h2-7,17-18H,8H2,1H3. The first-order valence-electron chi connectivity index (χ1n) is 5.54. The molecule has 18 heavy (non-hydrogen) atoms. The second kappa shape index (κ2) is 5.76. The molecular formula is C14H13Br2NO. The molecule has 0 aliphatic carbocycles. The third kappa shape index (κ3) is 3.06. The van der Waals surface area contributed by atoms with Crippen LogP contribution >= 0.6 is 31.9 Å². The largest absolute Gasteiger partial charge is 0.508 e. The Kier molecular flexibility index (Phi) is 4.30. The topological polar surface area (TPSA) is 32.3 Å². The Bertz CT molecular complexity index is 546. The number of rotatable bonds is 3. The minimum absolute atomic E-state index is 0.310. The van der Waals surface area contributed by atoms with E-state index in [1.165, 1.54) is 5.56 Å². The molecule has 94 valence electrons. The number of hydrogen-bond donors (Lipinski definition) is 2. The molecule has 0 spiro atoms. The molecule has 0 atom stereocenters. The predicted octanol–water partition coefficient (Wildman–Crippen LogP) is 4.84. The lowest BCUT2D eigenvalue weighted by Gasteiger charge is -2.12. The smallest absolute Gasteiger partial charge is 0.120 e. The van der Waals surface area contributed by atoms with Gasteiger partial charge in [-0.15, -0.1) is 0 Å². The van der Waals surface area contributed by atoms with Crippen molar-refractivity contribution in [3.8, 4) is 5.75 Å². The number of benzene rings is 2. The zero-order valence-electron chi connectivity index (χ0n) is 9.87. The number of hydrogen-bond acceptors (Lipinski definition) is 2. The highest BCUT2D eigenvalue weighted by atomic mass is 79.9. The van der Waals surface area contributed by atoms with Crippen molar-refractivity contribution >= 4 is 37.5 Å². The Balaban J connectivity index is 2.19. The van der Waals surface area contributed by atoms with Crippen LogP contribution in [0, 0.1) is 6.92 Å². The molecular weight excluding hydrogens is 358 g/mol. The lowest BCUT2D eigenvalue weighted by atomic mass is 10.2. The van der Waals surface area contributed by atoms with Gasteiger partial charge in [-0.3, -0.25) is 0 Å². The Labute approximate surface area is 123 Å². The van der Waals surface area contributed by atoms with Gasteiger partial charge < -0.3 is 10.4 Å². The summed E-state index contributed by atoms with van der Waals surface area (Å²) in [4.78, 5) is 0. The van der Waals surface area contributed by atoms with Gasteiger partial charge in [-0.05, 0) is 62.5 Å². The summed E-state index contributed by atoms with van der Waals surface area (Å²) in [7, 11) is 0. The summed E-state index contributed by atoms with van der Waals surface area (Å²) < 4.78 is 2.01. The van der Waals surface area contributed by atoms with Gasteiger partial charge in [0.1, 0.15) is 5.75 Å². The van der Waals surface area contributed by atoms with Crippen molar-refractivity contribution in [1.29, 1.82) is 0 Å². The van der Waals surface area contributed by atoms with Crippen LogP contribution < -0.4 is 5.32 Å². The number of aromatic hydroxyl groups is 1. The van der Waals surface area contributed by atoms with E-state index in [1.807, 2.05) is 25.1 Å². The number of nitrogens with one attached hydrogen (secondary N) is 1. The number of phenolic OH excluding ortho intramolecular Hbond substituents is 1. The summed E-state index contributed by atoms with van der Waals surface area (Å²) in [5.41, 5.74) is 3.04. The quantitative estimate of drug-likeness (QED) is 0.810. The Morgan fingerprint density at radius 1 is 1.11 bits per heavy atom. The molecule has 0 radical (unpaired) electrons. The fourth-order valence-electron chi connectivity index (χ4n) is 1.71. The first kappa shape index (κ1) is 13.4. The third-order valence-electron chi connectivity index (χ3n) is 2.63. The van der Waals surface area contributed by atoms with Gasteiger partial charge in [-0.25, -0.2) is 0 Å².